The van der Waals surface area contributed by atoms with Crippen molar-refractivity contribution in [2.75, 3.05) is 26.8 Å². The first kappa shape index (κ1) is 19.7. The monoisotopic (exact) mass is 391 g/mol. The number of aromatic nitrogens is 3. The lowest BCUT2D eigenvalue weighted by Gasteiger charge is -2.26. The Balaban J connectivity index is 1.69. The van der Waals surface area contributed by atoms with E-state index in [2.05, 4.69) is 10.4 Å². The van der Waals surface area contributed by atoms with Crippen LogP contribution in [0.1, 0.15) is 22.6 Å². The van der Waals surface area contributed by atoms with Crippen molar-refractivity contribution < 1.29 is 18.7 Å². The van der Waals surface area contributed by atoms with Crippen LogP contribution in [-0.4, -0.2) is 57.9 Å². The molecule has 2 amide bonds. The maximum absolute atomic E-state index is 13.9. The zero-order valence-electron chi connectivity index (χ0n) is 15.6. The van der Waals surface area contributed by atoms with Gasteiger partial charge in [0.15, 0.2) is 0 Å². The van der Waals surface area contributed by atoms with Crippen LogP contribution in [0.3, 0.4) is 0 Å². The number of amides is 2. The van der Waals surface area contributed by atoms with Crippen molar-refractivity contribution in [1.82, 2.24) is 24.6 Å². The molecule has 1 aromatic carbocycles. The van der Waals surface area contributed by atoms with E-state index in [0.717, 1.165) is 4.68 Å². The van der Waals surface area contributed by atoms with E-state index in [0.29, 0.717) is 25.1 Å². The zero-order chi connectivity index (χ0) is 20.1. The molecule has 9 nitrogen and oxygen atoms in total. The van der Waals surface area contributed by atoms with Crippen molar-refractivity contribution in [2.24, 2.45) is 0 Å². The minimum atomic E-state index is -0.513. The van der Waals surface area contributed by atoms with Crippen LogP contribution in [0.15, 0.2) is 29.1 Å². The summed E-state index contributed by atoms with van der Waals surface area (Å²) >= 11 is 0. The minimum absolute atomic E-state index is 0.0419. The third-order valence-corrected chi connectivity index (χ3v) is 4.45. The zero-order valence-corrected chi connectivity index (χ0v) is 15.6. The van der Waals surface area contributed by atoms with Crippen LogP contribution in [0.5, 0.6) is 0 Å². The van der Waals surface area contributed by atoms with E-state index in [1.165, 1.54) is 15.5 Å². The minimum Gasteiger partial charge on any atom is -0.385 e. The van der Waals surface area contributed by atoms with E-state index in [1.54, 1.807) is 25.3 Å². The third kappa shape index (κ3) is 4.28. The normalized spacial score (nSPS) is 13.5. The Morgan fingerprint density at radius 3 is 2.82 bits per heavy atom. The average molecular weight is 391 g/mol. The van der Waals surface area contributed by atoms with Gasteiger partial charge in [-0.15, -0.1) is 5.10 Å². The fourth-order valence-electron chi connectivity index (χ4n) is 2.99. The van der Waals surface area contributed by atoms with Gasteiger partial charge in [0.25, 0.3) is 5.91 Å². The second-order valence-corrected chi connectivity index (χ2v) is 6.43. The van der Waals surface area contributed by atoms with Crippen LogP contribution in [-0.2, 0) is 29.2 Å². The van der Waals surface area contributed by atoms with Crippen molar-refractivity contribution in [1.29, 1.82) is 0 Å². The highest BCUT2D eigenvalue weighted by Gasteiger charge is 2.30. The molecule has 1 aliphatic rings. The molecule has 1 aliphatic heterocycles. The number of nitrogens with zero attached hydrogens (tertiary/aromatic N) is 4. The van der Waals surface area contributed by atoms with Crippen molar-refractivity contribution in [3.63, 3.8) is 0 Å². The fourth-order valence-corrected chi connectivity index (χ4v) is 2.99. The van der Waals surface area contributed by atoms with Crippen LogP contribution < -0.4 is 11.0 Å². The Kier molecular flexibility index (Phi) is 6.19. The molecule has 0 saturated heterocycles. The molecule has 2 aromatic rings. The van der Waals surface area contributed by atoms with Gasteiger partial charge in [-0.25, -0.2) is 13.9 Å². The number of hydrogen-bond acceptors (Lipinski definition) is 5. The summed E-state index contributed by atoms with van der Waals surface area (Å²) in [6.45, 7) is 1.26. The first-order valence-electron chi connectivity index (χ1n) is 8.97. The van der Waals surface area contributed by atoms with E-state index in [-0.39, 0.29) is 37.9 Å². The summed E-state index contributed by atoms with van der Waals surface area (Å²) < 4.78 is 21.0. The highest BCUT2D eigenvalue weighted by molar-refractivity contribution is 5.91. The van der Waals surface area contributed by atoms with Gasteiger partial charge < -0.3 is 15.0 Å². The number of carbonyl (C=O) groups excluding carboxylic acids is 2. The number of benzene rings is 1. The van der Waals surface area contributed by atoms with Crippen molar-refractivity contribution >= 4 is 11.8 Å². The van der Waals surface area contributed by atoms with Crippen LogP contribution in [0.2, 0.25) is 0 Å². The van der Waals surface area contributed by atoms with E-state index < -0.39 is 17.4 Å². The smallest absolute Gasteiger partial charge is 0.346 e. The molecule has 150 valence electrons. The first-order valence-corrected chi connectivity index (χ1v) is 8.97. The lowest BCUT2D eigenvalue weighted by atomic mass is 10.2. The molecule has 1 N–H and O–H groups in total. The molecule has 0 radical (unpaired) electrons. The van der Waals surface area contributed by atoms with Crippen molar-refractivity contribution in [3.05, 3.63) is 52.0 Å². The number of ether oxygens (including phenoxy) is 1. The Bertz CT molecular complexity index is 923. The fraction of sp³-hybridized carbons (Fsp3) is 0.444. The molecule has 0 bridgehead atoms. The van der Waals surface area contributed by atoms with Gasteiger partial charge in [0.2, 0.25) is 11.7 Å². The largest absolute Gasteiger partial charge is 0.385 e. The number of halogens is 1. The van der Waals surface area contributed by atoms with Gasteiger partial charge in [0.1, 0.15) is 12.4 Å². The second-order valence-electron chi connectivity index (χ2n) is 6.43. The predicted octanol–water partition coefficient (Wildman–Crippen LogP) is -0.00740. The molecule has 2 heterocycles. The number of rotatable bonds is 8. The molecule has 0 unspecified atom stereocenters. The molecule has 3 rings (SSSR count). The average Bonchev–Trinajstić information content (AvgIpc) is 2.99. The van der Waals surface area contributed by atoms with Gasteiger partial charge in [-0.05, 0) is 12.5 Å². The van der Waals surface area contributed by atoms with E-state index in [4.69, 9.17) is 4.74 Å². The molecular formula is C18H22FN5O4. The van der Waals surface area contributed by atoms with Gasteiger partial charge >= 0.3 is 5.69 Å². The number of hydrogen-bond donors (Lipinski definition) is 1. The molecule has 0 aliphatic carbocycles. The summed E-state index contributed by atoms with van der Waals surface area (Å²) in [5.74, 6) is -1.27. The Hall–Kier alpha value is -3.01. The molecular weight excluding hydrogens is 369 g/mol. The Morgan fingerprint density at radius 2 is 2.07 bits per heavy atom. The van der Waals surface area contributed by atoms with Gasteiger partial charge in [0, 0.05) is 45.5 Å². The van der Waals surface area contributed by atoms with Crippen LogP contribution >= 0.6 is 0 Å². The summed E-state index contributed by atoms with van der Waals surface area (Å²) in [4.78, 5) is 38.5. The maximum Gasteiger partial charge on any atom is 0.346 e. The topological polar surface area (TPSA) is 98.5 Å². The van der Waals surface area contributed by atoms with E-state index in [9.17, 15) is 18.8 Å². The van der Waals surface area contributed by atoms with Crippen LogP contribution in [0, 0.1) is 5.82 Å². The SMILES string of the molecule is COCCCNC(=O)Cn1nc2n(c1=O)CCN(Cc1ccccc1F)C2=O. The summed E-state index contributed by atoms with van der Waals surface area (Å²) in [7, 11) is 1.57. The molecule has 28 heavy (non-hydrogen) atoms. The first-order chi connectivity index (χ1) is 13.5. The number of methoxy groups -OCH3 is 1. The standard InChI is InChI=1S/C18H22FN5O4/c1-28-10-4-7-20-15(25)12-24-18(27)23-9-8-22(17(26)16(23)21-24)11-13-5-2-3-6-14(13)19/h2-3,5-6H,4,7-12H2,1H3,(H,20,25). The number of carbonyl (C=O) groups is 2. The lowest BCUT2D eigenvalue weighted by molar-refractivity contribution is -0.121. The highest BCUT2D eigenvalue weighted by Crippen LogP contribution is 2.15. The molecule has 1 aromatic heterocycles. The van der Waals surface area contributed by atoms with Gasteiger partial charge in [-0.1, -0.05) is 18.2 Å². The molecule has 0 spiro atoms. The lowest BCUT2D eigenvalue weighted by Crippen LogP contribution is -2.42. The van der Waals surface area contributed by atoms with Crippen LogP contribution in [0.4, 0.5) is 4.39 Å². The predicted molar refractivity (Wildman–Crippen MR) is 97.1 cm³/mol. The molecule has 0 saturated carbocycles. The second kappa shape index (κ2) is 8.79. The van der Waals surface area contributed by atoms with Crippen molar-refractivity contribution in [3.8, 4) is 0 Å². The van der Waals surface area contributed by atoms with E-state index >= 15 is 0 Å². The van der Waals surface area contributed by atoms with E-state index in [1.807, 2.05) is 0 Å². The summed E-state index contributed by atoms with van der Waals surface area (Å²) in [6.07, 6.45) is 0.653. The Morgan fingerprint density at radius 1 is 1.29 bits per heavy atom. The maximum atomic E-state index is 13.9. The van der Waals surface area contributed by atoms with Crippen LogP contribution in [0.25, 0.3) is 0 Å². The summed E-state index contributed by atoms with van der Waals surface area (Å²) in [6, 6.07) is 6.22. The number of nitrogens with one attached hydrogen (secondary N) is 1. The molecule has 0 fully saturated rings. The van der Waals surface area contributed by atoms with Gasteiger partial charge in [-0.3, -0.25) is 14.2 Å². The number of fused-ring (bicyclic) bond motifs is 1. The van der Waals surface area contributed by atoms with Gasteiger partial charge in [-0.2, -0.15) is 0 Å². The molecule has 10 heteroatoms. The third-order valence-electron chi connectivity index (χ3n) is 4.45. The summed E-state index contributed by atoms with van der Waals surface area (Å²) in [5.41, 5.74) is -0.123. The molecule has 0 atom stereocenters. The quantitative estimate of drug-likeness (QED) is 0.639. The Labute approximate surface area is 160 Å². The highest BCUT2D eigenvalue weighted by atomic mass is 19.1. The summed E-state index contributed by atoms with van der Waals surface area (Å²) in [5, 5.41) is 6.69. The van der Waals surface area contributed by atoms with Gasteiger partial charge in [0.05, 0.1) is 0 Å². The van der Waals surface area contributed by atoms with Crippen molar-refractivity contribution in [2.45, 2.75) is 26.1 Å².